The molecule has 0 aliphatic heterocycles. The quantitative estimate of drug-likeness (QED) is 0.183. The van der Waals surface area contributed by atoms with E-state index in [1.54, 1.807) is 6.82 Å². The monoisotopic (exact) mass is 499 g/mol. The first kappa shape index (κ1) is 35.1. The van der Waals surface area contributed by atoms with Crippen molar-refractivity contribution in [3.8, 4) is 22.3 Å². The molecule has 2 aliphatic carbocycles. The van der Waals surface area contributed by atoms with Crippen LogP contribution in [0.1, 0.15) is 77.6 Å². The van der Waals surface area contributed by atoms with Crippen molar-refractivity contribution in [2.75, 3.05) is 0 Å². The van der Waals surface area contributed by atoms with Crippen LogP contribution in [-0.4, -0.2) is 22.8 Å². The van der Waals surface area contributed by atoms with Gasteiger partial charge in [0.15, 0.2) is 0 Å². The molecule has 0 bridgehead atoms. The topological polar surface area (TPSA) is 0 Å². The maximum Gasteiger partial charge on any atom is 0.0725 e. The van der Waals surface area contributed by atoms with Crippen LogP contribution in [0.2, 0.25) is 13.6 Å². The van der Waals surface area contributed by atoms with Crippen LogP contribution in [0.15, 0.2) is 97.1 Å². The van der Waals surface area contributed by atoms with Crippen LogP contribution in [0.5, 0.6) is 0 Å². The molecule has 0 fully saturated rings. The number of hydrogen-bond donors (Lipinski definition) is 0. The Labute approximate surface area is 238 Å². The third kappa shape index (κ3) is 6.37. The van der Waals surface area contributed by atoms with Gasteiger partial charge in [-0.25, -0.2) is 0 Å². The van der Waals surface area contributed by atoms with Gasteiger partial charge in [-0.3, -0.25) is 0 Å². The minimum Gasteiger partial charge on any atom is -0.101 e. The van der Waals surface area contributed by atoms with E-state index in [1.807, 2.05) is 55.4 Å². The Morgan fingerprint density at radius 1 is 0.421 bits per heavy atom. The summed E-state index contributed by atoms with van der Waals surface area (Å²) in [7, 11) is 10.7. The second kappa shape index (κ2) is 19.2. The Bertz CT molecular complexity index is 993. The summed E-state index contributed by atoms with van der Waals surface area (Å²) >= 11 is 0. The second-order valence-corrected chi connectivity index (χ2v) is 7.27. The first-order valence-electron chi connectivity index (χ1n) is 14.3. The van der Waals surface area contributed by atoms with E-state index >= 15 is 0 Å². The van der Waals surface area contributed by atoms with Crippen molar-refractivity contribution in [2.24, 2.45) is 0 Å². The molecule has 5 radical (unpaired) electrons. The Morgan fingerprint density at radius 2 is 0.579 bits per heavy atom. The van der Waals surface area contributed by atoms with Gasteiger partial charge in [0.05, 0.1) is 20.4 Å². The van der Waals surface area contributed by atoms with Gasteiger partial charge < -0.3 is 0 Å². The number of hydrogen-bond acceptors (Lipinski definition) is 0. The average Bonchev–Trinajstić information content (AvgIpc) is 3.50. The largest absolute Gasteiger partial charge is 0.101 e. The van der Waals surface area contributed by atoms with E-state index in [1.165, 1.54) is 58.5 Å². The maximum absolute atomic E-state index is 4.72. The van der Waals surface area contributed by atoms with Gasteiger partial charge >= 0.3 is 0 Å². The van der Waals surface area contributed by atoms with E-state index in [4.69, 9.17) is 7.74 Å². The van der Waals surface area contributed by atoms with E-state index in [0.29, 0.717) is 0 Å². The summed E-state index contributed by atoms with van der Waals surface area (Å²) in [5.74, 6) is 0. The second-order valence-electron chi connectivity index (χ2n) is 7.27. The van der Waals surface area contributed by atoms with E-state index in [0.717, 1.165) is 0 Å². The Balaban J connectivity index is 0.000000926. The molecule has 38 heavy (non-hydrogen) atoms. The van der Waals surface area contributed by atoms with Gasteiger partial charge in [-0.1, -0.05) is 159 Å². The first-order valence-corrected chi connectivity index (χ1v) is 14.3. The molecule has 4 aromatic carbocycles. The van der Waals surface area contributed by atoms with Gasteiger partial charge in [0.2, 0.25) is 0 Å². The molecule has 0 atom stereocenters. The summed E-state index contributed by atoms with van der Waals surface area (Å²) in [4.78, 5) is 0. The fourth-order valence-electron chi connectivity index (χ4n) is 5.05. The minimum atomic E-state index is -0.180. The zero-order valence-electron chi connectivity index (χ0n) is 25.5. The molecular formula is C35H46B3. The highest BCUT2D eigenvalue weighted by atomic mass is 14.5. The molecule has 0 saturated heterocycles. The van der Waals surface area contributed by atoms with Crippen LogP contribution in [0.3, 0.4) is 0 Å². The molecule has 0 saturated carbocycles. The Morgan fingerprint density at radius 3 is 0.763 bits per heavy atom. The van der Waals surface area contributed by atoms with Crippen LogP contribution in [0, 0.1) is 0 Å². The number of fused-ring (bicyclic) bond motifs is 10. The summed E-state index contributed by atoms with van der Waals surface area (Å²) in [5.41, 5.74) is 10.9. The molecule has 6 rings (SSSR count). The molecule has 0 unspecified atom stereocenters. The summed E-state index contributed by atoms with van der Waals surface area (Å²) in [5, 5.41) is 0. The maximum atomic E-state index is 4.72. The standard InChI is InChI=1S/C25H16.4C2H6.CH3B2.CH3B/c1-5-13-21-17(9-1)18-10-2-6-14-22(18)25(21)23-15-7-3-11-19(23)20-12-4-8-16-24(20)25;4*1-2;1-3-2;1-2/h1-16H;4*1-2H3;1H3;1H3. The van der Waals surface area contributed by atoms with Crippen molar-refractivity contribution in [3.63, 3.8) is 0 Å². The smallest absolute Gasteiger partial charge is 0.0725 e. The Hall–Kier alpha value is -2.93. The third-order valence-corrected chi connectivity index (χ3v) is 5.90. The molecule has 0 heterocycles. The van der Waals surface area contributed by atoms with Gasteiger partial charge in [0.1, 0.15) is 0 Å². The van der Waals surface area contributed by atoms with Gasteiger partial charge in [-0.2, -0.15) is 0 Å². The van der Waals surface area contributed by atoms with Gasteiger partial charge in [0.25, 0.3) is 0 Å². The van der Waals surface area contributed by atoms with Crippen molar-refractivity contribution in [2.45, 2.75) is 74.5 Å². The molecule has 195 valence electrons. The summed E-state index contributed by atoms with van der Waals surface area (Å²) < 4.78 is 0. The van der Waals surface area contributed by atoms with Crippen molar-refractivity contribution < 1.29 is 0 Å². The lowest BCUT2D eigenvalue weighted by atomic mass is 9.59. The minimum absolute atomic E-state index is 0.180. The van der Waals surface area contributed by atoms with Gasteiger partial charge in [-0.05, 0) is 44.5 Å². The van der Waals surface area contributed by atoms with E-state index < -0.39 is 0 Å². The lowest BCUT2D eigenvalue weighted by Crippen LogP contribution is -2.25. The highest BCUT2D eigenvalue weighted by molar-refractivity contribution is 6.88. The van der Waals surface area contributed by atoms with Crippen molar-refractivity contribution in [1.29, 1.82) is 0 Å². The Kier molecular flexibility index (Phi) is 17.7. The molecule has 0 aromatic heterocycles. The molecule has 1 spiro atoms. The van der Waals surface area contributed by atoms with Crippen LogP contribution in [-0.2, 0) is 5.41 Å². The van der Waals surface area contributed by atoms with Gasteiger partial charge in [-0.15, -0.1) is 6.82 Å². The zero-order valence-corrected chi connectivity index (χ0v) is 25.5. The first-order chi connectivity index (χ1) is 18.8. The molecule has 0 nitrogen and oxygen atoms in total. The SMILES string of the molecule is CC.CC.CC.CC.[B]C.[B][B]C.c1ccc2c(c1)-c1ccccc1C21c2ccccc2-c2ccccc21. The third-order valence-electron chi connectivity index (χ3n) is 5.90. The van der Waals surface area contributed by atoms with E-state index in [2.05, 4.69) is 105 Å². The molecular weight excluding hydrogens is 453 g/mol. The summed E-state index contributed by atoms with van der Waals surface area (Å²) in [6.07, 6.45) is 0. The molecule has 4 aromatic rings. The highest BCUT2D eigenvalue weighted by Gasteiger charge is 2.51. The lowest BCUT2D eigenvalue weighted by molar-refractivity contribution is 0.794. The lowest BCUT2D eigenvalue weighted by Gasteiger charge is -2.30. The normalized spacial score (nSPS) is 10.8. The van der Waals surface area contributed by atoms with Crippen LogP contribution >= 0.6 is 0 Å². The van der Waals surface area contributed by atoms with Gasteiger partial charge in [0, 0.05) is 7.74 Å². The highest BCUT2D eigenvalue weighted by Crippen LogP contribution is 2.62. The number of benzene rings is 4. The summed E-state index contributed by atoms with van der Waals surface area (Å²) in [6, 6.07) is 35.7. The van der Waals surface area contributed by atoms with Crippen LogP contribution < -0.4 is 0 Å². The van der Waals surface area contributed by atoms with Crippen molar-refractivity contribution in [1.82, 2.24) is 0 Å². The molecule has 3 heteroatoms. The molecule has 2 aliphatic rings. The van der Waals surface area contributed by atoms with Crippen LogP contribution in [0.4, 0.5) is 0 Å². The zero-order chi connectivity index (χ0) is 29.1. The molecule has 0 N–H and O–H groups in total. The fourth-order valence-corrected chi connectivity index (χ4v) is 5.05. The fraction of sp³-hybridized carbons (Fsp3) is 0.314. The van der Waals surface area contributed by atoms with Crippen LogP contribution in [0.25, 0.3) is 22.3 Å². The summed E-state index contributed by atoms with van der Waals surface area (Å²) in [6.45, 7) is 19.3. The molecule has 0 amide bonds. The van der Waals surface area contributed by atoms with E-state index in [-0.39, 0.29) is 5.41 Å². The predicted octanol–water partition coefficient (Wildman–Crippen LogP) is 10.2. The van der Waals surface area contributed by atoms with Crippen molar-refractivity contribution in [3.05, 3.63) is 119 Å². The predicted molar refractivity (Wildman–Crippen MR) is 177 cm³/mol. The number of rotatable bonds is 0. The average molecular weight is 499 g/mol. The van der Waals surface area contributed by atoms with Crippen molar-refractivity contribution >= 4 is 22.8 Å². The van der Waals surface area contributed by atoms with E-state index in [9.17, 15) is 0 Å².